The van der Waals surface area contributed by atoms with E-state index in [1.807, 2.05) is 0 Å². The molecule has 1 fully saturated rings. The summed E-state index contributed by atoms with van der Waals surface area (Å²) in [6, 6.07) is 2.29. The van der Waals surface area contributed by atoms with E-state index in [2.05, 4.69) is 19.4 Å². The number of hydrogen-bond acceptors (Lipinski definition) is 8. The van der Waals surface area contributed by atoms with Crippen molar-refractivity contribution in [3.63, 3.8) is 0 Å². The number of halogens is 2. The SMILES string of the molecule is NCC(CNc1cc(F)c(SNc2ncns2)cc1F)C(N)C1CCC1. The summed E-state index contributed by atoms with van der Waals surface area (Å²) < 4.78 is 35.3. The van der Waals surface area contributed by atoms with Gasteiger partial charge in [-0.25, -0.2) is 13.8 Å². The second kappa shape index (κ2) is 8.94. The summed E-state index contributed by atoms with van der Waals surface area (Å²) in [7, 11) is 0. The van der Waals surface area contributed by atoms with Crippen LogP contribution in [0.1, 0.15) is 19.3 Å². The molecule has 0 radical (unpaired) electrons. The molecule has 6 nitrogen and oxygen atoms in total. The smallest absolute Gasteiger partial charge is 0.212 e. The highest BCUT2D eigenvalue weighted by atomic mass is 32.2. The van der Waals surface area contributed by atoms with Crippen molar-refractivity contribution in [2.24, 2.45) is 23.3 Å². The van der Waals surface area contributed by atoms with Crippen molar-refractivity contribution < 1.29 is 8.78 Å². The number of rotatable bonds is 9. The van der Waals surface area contributed by atoms with Gasteiger partial charge in [-0.2, -0.15) is 4.37 Å². The summed E-state index contributed by atoms with van der Waals surface area (Å²) in [6.07, 6.45) is 4.83. The van der Waals surface area contributed by atoms with Crippen molar-refractivity contribution >= 4 is 34.3 Å². The van der Waals surface area contributed by atoms with E-state index < -0.39 is 11.6 Å². The highest BCUT2D eigenvalue weighted by Gasteiger charge is 2.29. The van der Waals surface area contributed by atoms with Gasteiger partial charge in [0, 0.05) is 36.1 Å². The Morgan fingerprint density at radius 1 is 1.31 bits per heavy atom. The fourth-order valence-electron chi connectivity index (χ4n) is 2.89. The largest absolute Gasteiger partial charge is 0.382 e. The first kappa shape index (κ1) is 19.3. The molecule has 0 amide bonds. The number of hydrogen-bond donors (Lipinski definition) is 4. The molecule has 1 aliphatic carbocycles. The van der Waals surface area contributed by atoms with Gasteiger partial charge in [0.15, 0.2) is 0 Å². The Bertz CT molecular complexity index is 711. The predicted octanol–water partition coefficient (Wildman–Crippen LogP) is 3.05. The number of aromatic nitrogens is 2. The van der Waals surface area contributed by atoms with E-state index in [9.17, 15) is 8.78 Å². The lowest BCUT2D eigenvalue weighted by Gasteiger charge is -2.36. The van der Waals surface area contributed by atoms with E-state index in [0.717, 1.165) is 48.5 Å². The first-order valence-corrected chi connectivity index (χ1v) is 10.1. The van der Waals surface area contributed by atoms with Gasteiger partial charge >= 0.3 is 0 Å². The van der Waals surface area contributed by atoms with Crippen molar-refractivity contribution in [3.05, 3.63) is 30.1 Å². The first-order chi connectivity index (χ1) is 12.6. The van der Waals surface area contributed by atoms with Crippen LogP contribution in [0.4, 0.5) is 19.6 Å². The molecule has 1 aliphatic rings. The highest BCUT2D eigenvalue weighted by molar-refractivity contribution is 8.00. The molecule has 2 aromatic rings. The van der Waals surface area contributed by atoms with Gasteiger partial charge in [-0.3, -0.25) is 0 Å². The van der Waals surface area contributed by atoms with Crippen LogP contribution in [0, 0.1) is 23.5 Å². The Morgan fingerprint density at radius 3 is 2.73 bits per heavy atom. The zero-order chi connectivity index (χ0) is 18.5. The number of nitrogens with two attached hydrogens (primary N) is 2. The van der Waals surface area contributed by atoms with Gasteiger partial charge in [-0.15, -0.1) is 0 Å². The van der Waals surface area contributed by atoms with Gasteiger partial charge in [-0.05, 0) is 43.3 Å². The van der Waals surface area contributed by atoms with Crippen LogP contribution in [0.15, 0.2) is 23.4 Å². The summed E-state index contributed by atoms with van der Waals surface area (Å²) in [4.78, 5) is 4.07. The molecule has 0 saturated heterocycles. The molecular formula is C16H22F2N6S2. The van der Waals surface area contributed by atoms with Crippen LogP contribution < -0.4 is 21.5 Å². The standard InChI is InChI=1S/C16H22F2N6S2/c17-11-5-14(25-24-16-22-8-23-26-16)12(18)4-13(11)21-7-10(6-19)15(20)9-2-1-3-9/h4-5,8-10,15,21H,1-3,6-7,19-20H2,(H,22,23,24). The zero-order valence-corrected chi connectivity index (χ0v) is 15.8. The Labute approximate surface area is 159 Å². The number of nitrogens with zero attached hydrogens (tertiary/aromatic N) is 2. The second-order valence-electron chi connectivity index (χ2n) is 6.36. The van der Waals surface area contributed by atoms with Crippen LogP contribution in [0.5, 0.6) is 0 Å². The van der Waals surface area contributed by atoms with E-state index in [0.29, 0.717) is 24.1 Å². The third kappa shape index (κ3) is 4.61. The van der Waals surface area contributed by atoms with Crippen LogP contribution in [0.25, 0.3) is 0 Å². The van der Waals surface area contributed by atoms with Crippen LogP contribution in [0.2, 0.25) is 0 Å². The predicted molar refractivity (Wildman–Crippen MR) is 102 cm³/mol. The number of benzene rings is 1. The molecule has 10 heteroatoms. The van der Waals surface area contributed by atoms with E-state index in [-0.39, 0.29) is 22.5 Å². The van der Waals surface area contributed by atoms with Gasteiger partial charge < -0.3 is 21.5 Å². The summed E-state index contributed by atoms with van der Waals surface area (Å²) in [5.41, 5.74) is 12.2. The van der Waals surface area contributed by atoms with Crippen molar-refractivity contribution in [1.82, 2.24) is 9.36 Å². The topological polar surface area (TPSA) is 102 Å². The first-order valence-electron chi connectivity index (χ1n) is 8.46. The van der Waals surface area contributed by atoms with Crippen molar-refractivity contribution in [2.45, 2.75) is 30.2 Å². The molecule has 1 saturated carbocycles. The lowest BCUT2D eigenvalue weighted by molar-refractivity contribution is 0.215. The summed E-state index contributed by atoms with van der Waals surface area (Å²) in [5.74, 6) is -0.544. The minimum absolute atomic E-state index is 0.0138. The van der Waals surface area contributed by atoms with Crippen LogP contribution in [0.3, 0.4) is 0 Å². The van der Waals surface area contributed by atoms with Crippen LogP contribution in [-0.4, -0.2) is 28.5 Å². The minimum atomic E-state index is -0.527. The quantitative estimate of drug-likeness (QED) is 0.480. The van der Waals surface area contributed by atoms with Crippen LogP contribution in [-0.2, 0) is 0 Å². The molecule has 142 valence electrons. The Kier molecular flexibility index (Phi) is 6.63. The van der Waals surface area contributed by atoms with Gasteiger partial charge in [-0.1, -0.05) is 6.42 Å². The van der Waals surface area contributed by atoms with E-state index in [1.54, 1.807) is 0 Å². The van der Waals surface area contributed by atoms with Gasteiger partial charge in [0.2, 0.25) is 5.13 Å². The zero-order valence-electron chi connectivity index (χ0n) is 14.1. The Morgan fingerprint density at radius 2 is 2.12 bits per heavy atom. The molecule has 1 heterocycles. The molecule has 26 heavy (non-hydrogen) atoms. The second-order valence-corrected chi connectivity index (χ2v) is 7.99. The van der Waals surface area contributed by atoms with Gasteiger partial charge in [0.05, 0.1) is 10.6 Å². The molecule has 0 spiro atoms. The molecule has 2 unspecified atom stereocenters. The average molecular weight is 401 g/mol. The van der Waals surface area contributed by atoms with E-state index in [4.69, 9.17) is 11.5 Å². The number of nitrogens with one attached hydrogen (secondary N) is 2. The van der Waals surface area contributed by atoms with Crippen molar-refractivity contribution in [1.29, 1.82) is 0 Å². The summed E-state index contributed by atoms with van der Waals surface area (Å²) >= 11 is 2.09. The molecule has 3 rings (SSSR count). The summed E-state index contributed by atoms with van der Waals surface area (Å²) in [6.45, 7) is 0.828. The molecule has 1 aromatic heterocycles. The fourth-order valence-corrected chi connectivity index (χ4v) is 4.02. The maximum Gasteiger partial charge on any atom is 0.212 e. The normalized spacial score (nSPS) is 16.8. The molecule has 2 atom stereocenters. The van der Waals surface area contributed by atoms with Crippen molar-refractivity contribution in [3.8, 4) is 0 Å². The minimum Gasteiger partial charge on any atom is -0.382 e. The van der Waals surface area contributed by atoms with Gasteiger partial charge in [0.1, 0.15) is 18.0 Å². The monoisotopic (exact) mass is 400 g/mol. The van der Waals surface area contributed by atoms with E-state index in [1.165, 1.54) is 12.7 Å². The third-order valence-corrected chi connectivity index (χ3v) is 6.26. The fraction of sp³-hybridized carbons (Fsp3) is 0.500. The molecular weight excluding hydrogens is 378 g/mol. The van der Waals surface area contributed by atoms with E-state index >= 15 is 0 Å². The highest BCUT2D eigenvalue weighted by Crippen LogP contribution is 2.32. The number of anilines is 2. The summed E-state index contributed by atoms with van der Waals surface area (Å²) in [5, 5.41) is 3.48. The molecule has 0 bridgehead atoms. The lowest BCUT2D eigenvalue weighted by Crippen LogP contribution is -2.46. The Hall–Kier alpha value is -1.49. The maximum atomic E-state index is 14.3. The average Bonchev–Trinajstić information content (AvgIpc) is 3.08. The van der Waals surface area contributed by atoms with Gasteiger partial charge in [0.25, 0.3) is 0 Å². The molecule has 0 aliphatic heterocycles. The lowest BCUT2D eigenvalue weighted by atomic mass is 9.75. The Balaban J connectivity index is 1.59. The molecule has 1 aromatic carbocycles. The molecule has 6 N–H and O–H groups in total. The third-order valence-electron chi connectivity index (χ3n) is 4.73. The maximum absolute atomic E-state index is 14.3. The van der Waals surface area contributed by atoms with Crippen molar-refractivity contribution in [2.75, 3.05) is 23.1 Å². The van der Waals surface area contributed by atoms with Crippen LogP contribution >= 0.6 is 23.5 Å².